The number of hydrogen-bond acceptors (Lipinski definition) is 2. The minimum atomic E-state index is -0.964. The van der Waals surface area contributed by atoms with E-state index in [9.17, 15) is 4.79 Å². The summed E-state index contributed by atoms with van der Waals surface area (Å²) in [5.41, 5.74) is 2.49. The molecule has 1 aromatic rings. The number of aromatic carboxylic acids is 1. The summed E-state index contributed by atoms with van der Waals surface area (Å²) in [5, 5.41) is 18.1. The number of hydrogen-bond donors (Lipinski definition) is 1. The molecule has 0 atom stereocenters. The van der Waals surface area contributed by atoms with Crippen molar-refractivity contribution in [1.82, 2.24) is 0 Å². The fourth-order valence-electron chi connectivity index (χ4n) is 2.28. The molecule has 3 heteroatoms. The normalized spacial score (nSPS) is 15.1. The van der Waals surface area contributed by atoms with Crippen LogP contribution in [0.5, 0.6) is 0 Å². The van der Waals surface area contributed by atoms with Gasteiger partial charge in [0.05, 0.1) is 17.2 Å². The lowest BCUT2D eigenvalue weighted by atomic mass is 9.79. The predicted octanol–water partition coefficient (Wildman–Crippen LogP) is 2.91. The molecule has 3 nitrogen and oxygen atoms in total. The molecule has 1 N–H and O–H groups in total. The van der Waals surface area contributed by atoms with Crippen LogP contribution in [-0.4, -0.2) is 11.1 Å². The average molecular weight is 229 g/mol. The summed E-state index contributed by atoms with van der Waals surface area (Å²) in [6.07, 6.45) is 4.64. The molecule has 1 aliphatic carbocycles. The maximum Gasteiger partial charge on any atom is 0.335 e. The highest BCUT2D eigenvalue weighted by atomic mass is 16.4. The van der Waals surface area contributed by atoms with Crippen molar-refractivity contribution >= 4 is 5.97 Å². The third-order valence-electron chi connectivity index (χ3n) is 3.53. The fourth-order valence-corrected chi connectivity index (χ4v) is 2.28. The lowest BCUT2D eigenvalue weighted by Crippen LogP contribution is -2.15. The molecule has 0 saturated heterocycles. The van der Waals surface area contributed by atoms with E-state index in [2.05, 4.69) is 6.07 Å². The van der Waals surface area contributed by atoms with E-state index in [4.69, 9.17) is 10.4 Å². The Morgan fingerprint density at radius 1 is 1.53 bits per heavy atom. The second kappa shape index (κ2) is 4.58. The molecule has 1 saturated carbocycles. The molecule has 0 amide bonds. The Bertz CT molecular complexity index is 496. The van der Waals surface area contributed by atoms with Gasteiger partial charge in [-0.15, -0.1) is 0 Å². The highest BCUT2D eigenvalue weighted by Gasteiger charge is 2.20. The highest BCUT2D eigenvalue weighted by molar-refractivity contribution is 5.90. The molecule has 0 spiro atoms. The van der Waals surface area contributed by atoms with Gasteiger partial charge in [0.1, 0.15) is 0 Å². The molecule has 17 heavy (non-hydrogen) atoms. The minimum absolute atomic E-state index is 0.235. The van der Waals surface area contributed by atoms with Crippen LogP contribution >= 0.6 is 0 Å². The lowest BCUT2D eigenvalue weighted by molar-refractivity contribution is 0.0696. The molecule has 1 fully saturated rings. The Kier molecular flexibility index (Phi) is 3.14. The van der Waals surface area contributed by atoms with E-state index in [0.717, 1.165) is 17.5 Å². The van der Waals surface area contributed by atoms with E-state index >= 15 is 0 Å². The van der Waals surface area contributed by atoms with Crippen molar-refractivity contribution in [2.75, 3.05) is 0 Å². The maximum atomic E-state index is 11.0. The minimum Gasteiger partial charge on any atom is -0.478 e. The van der Waals surface area contributed by atoms with Gasteiger partial charge in [-0.3, -0.25) is 0 Å². The summed E-state index contributed by atoms with van der Waals surface area (Å²) in [7, 11) is 0. The molecule has 0 bridgehead atoms. The van der Waals surface area contributed by atoms with Gasteiger partial charge in [-0.1, -0.05) is 25.3 Å². The van der Waals surface area contributed by atoms with E-state index in [0.29, 0.717) is 11.5 Å². The van der Waals surface area contributed by atoms with Crippen LogP contribution in [0, 0.1) is 24.2 Å². The number of carboxylic acids is 1. The first-order valence-corrected chi connectivity index (χ1v) is 5.88. The molecule has 88 valence electrons. The molecule has 2 rings (SSSR count). The molecule has 1 aromatic carbocycles. The standard InChI is InChI=1S/C14H15NO2/c1-9-5-11(6-10-3-2-4-10)12(8-15)7-13(9)14(16)17/h5,7,10H,2-4,6H2,1H3,(H,16,17). The monoisotopic (exact) mass is 229 g/mol. The van der Waals surface area contributed by atoms with Crippen LogP contribution in [0.4, 0.5) is 0 Å². The first-order valence-electron chi connectivity index (χ1n) is 5.88. The average Bonchev–Trinajstić information content (AvgIpc) is 2.23. The summed E-state index contributed by atoms with van der Waals surface area (Å²) in [6, 6.07) is 5.48. The van der Waals surface area contributed by atoms with E-state index in [1.165, 1.54) is 25.3 Å². The van der Waals surface area contributed by atoms with E-state index < -0.39 is 5.97 Å². The van der Waals surface area contributed by atoms with E-state index in [1.807, 2.05) is 6.07 Å². The van der Waals surface area contributed by atoms with Crippen LogP contribution in [0.15, 0.2) is 12.1 Å². The molecular formula is C14H15NO2. The van der Waals surface area contributed by atoms with E-state index in [-0.39, 0.29) is 5.56 Å². The second-order valence-corrected chi connectivity index (χ2v) is 4.74. The number of nitrogens with zero attached hydrogens (tertiary/aromatic N) is 1. The Labute approximate surface area is 101 Å². The van der Waals surface area contributed by atoms with Gasteiger partial charge >= 0.3 is 5.97 Å². The third-order valence-corrected chi connectivity index (χ3v) is 3.53. The zero-order chi connectivity index (χ0) is 12.4. The van der Waals surface area contributed by atoms with Gasteiger partial charge in [0, 0.05) is 0 Å². The zero-order valence-electron chi connectivity index (χ0n) is 9.86. The Hall–Kier alpha value is -1.82. The number of carboxylic acid groups (broad SMARTS) is 1. The van der Waals surface area contributed by atoms with Gasteiger partial charge in [-0.05, 0) is 36.5 Å². The zero-order valence-corrected chi connectivity index (χ0v) is 9.86. The third kappa shape index (κ3) is 2.31. The number of aryl methyl sites for hydroxylation is 1. The predicted molar refractivity (Wildman–Crippen MR) is 63.9 cm³/mol. The van der Waals surface area contributed by atoms with Gasteiger partial charge < -0.3 is 5.11 Å². The van der Waals surface area contributed by atoms with Crippen LogP contribution in [-0.2, 0) is 6.42 Å². The van der Waals surface area contributed by atoms with Crippen molar-refractivity contribution in [2.45, 2.75) is 32.6 Å². The van der Waals surface area contributed by atoms with Crippen molar-refractivity contribution in [3.8, 4) is 6.07 Å². The number of nitriles is 1. The Morgan fingerprint density at radius 2 is 2.24 bits per heavy atom. The van der Waals surface area contributed by atoms with Crippen molar-refractivity contribution in [3.63, 3.8) is 0 Å². The summed E-state index contributed by atoms with van der Waals surface area (Å²) >= 11 is 0. The maximum absolute atomic E-state index is 11.0. The van der Waals surface area contributed by atoms with Crippen molar-refractivity contribution in [1.29, 1.82) is 5.26 Å². The smallest absolute Gasteiger partial charge is 0.335 e. The molecule has 0 heterocycles. The molecule has 0 unspecified atom stereocenters. The first kappa shape index (κ1) is 11.7. The largest absolute Gasteiger partial charge is 0.478 e. The Morgan fingerprint density at radius 3 is 2.71 bits per heavy atom. The van der Waals surface area contributed by atoms with Gasteiger partial charge in [-0.2, -0.15) is 5.26 Å². The number of carbonyl (C=O) groups is 1. The van der Waals surface area contributed by atoms with Gasteiger partial charge in [0.15, 0.2) is 0 Å². The number of rotatable bonds is 3. The molecule has 0 aromatic heterocycles. The highest BCUT2D eigenvalue weighted by Crippen LogP contribution is 2.31. The topological polar surface area (TPSA) is 61.1 Å². The molecule has 0 aliphatic heterocycles. The molecular weight excluding hydrogens is 214 g/mol. The van der Waals surface area contributed by atoms with Crippen molar-refractivity contribution in [2.24, 2.45) is 5.92 Å². The van der Waals surface area contributed by atoms with Gasteiger partial charge in [0.2, 0.25) is 0 Å². The molecule has 0 radical (unpaired) electrons. The van der Waals surface area contributed by atoms with Gasteiger partial charge in [-0.25, -0.2) is 4.79 Å². The van der Waals surface area contributed by atoms with Crippen molar-refractivity contribution in [3.05, 3.63) is 34.4 Å². The summed E-state index contributed by atoms with van der Waals surface area (Å²) in [6.45, 7) is 1.79. The Balaban J connectivity index is 2.35. The number of benzene rings is 1. The van der Waals surface area contributed by atoms with E-state index in [1.54, 1.807) is 6.92 Å². The second-order valence-electron chi connectivity index (χ2n) is 4.74. The summed E-state index contributed by atoms with van der Waals surface area (Å²) < 4.78 is 0. The van der Waals surface area contributed by atoms with Crippen molar-refractivity contribution < 1.29 is 9.90 Å². The van der Waals surface area contributed by atoms with Crippen LogP contribution in [0.2, 0.25) is 0 Å². The van der Waals surface area contributed by atoms with Crippen LogP contribution in [0.3, 0.4) is 0 Å². The SMILES string of the molecule is Cc1cc(CC2CCC2)c(C#N)cc1C(=O)O. The van der Waals surface area contributed by atoms with Gasteiger partial charge in [0.25, 0.3) is 0 Å². The summed E-state index contributed by atoms with van der Waals surface area (Å²) in [5.74, 6) is -0.286. The fraction of sp³-hybridized carbons (Fsp3) is 0.429. The summed E-state index contributed by atoms with van der Waals surface area (Å²) in [4.78, 5) is 11.0. The van der Waals surface area contributed by atoms with Crippen LogP contribution in [0.1, 0.15) is 46.3 Å². The van der Waals surface area contributed by atoms with Crippen LogP contribution in [0.25, 0.3) is 0 Å². The lowest BCUT2D eigenvalue weighted by Gasteiger charge is -2.25. The molecule has 1 aliphatic rings. The quantitative estimate of drug-likeness (QED) is 0.866. The first-order chi connectivity index (χ1) is 8.11. The van der Waals surface area contributed by atoms with Crippen LogP contribution < -0.4 is 0 Å².